The lowest BCUT2D eigenvalue weighted by Gasteiger charge is -2.19. The van der Waals surface area contributed by atoms with Crippen molar-refractivity contribution < 1.29 is 15.0 Å². The summed E-state index contributed by atoms with van der Waals surface area (Å²) in [6, 6.07) is -0.644. The first-order chi connectivity index (χ1) is 34.7. The lowest BCUT2D eigenvalue weighted by Crippen LogP contribution is -2.45. The van der Waals surface area contributed by atoms with Crippen molar-refractivity contribution in [2.24, 2.45) is 0 Å². The molecule has 0 heterocycles. The van der Waals surface area contributed by atoms with Gasteiger partial charge >= 0.3 is 0 Å². The average molecular weight is 983 g/mol. The molecule has 0 bridgehead atoms. The van der Waals surface area contributed by atoms with Gasteiger partial charge in [0.15, 0.2) is 0 Å². The summed E-state index contributed by atoms with van der Waals surface area (Å²) in [5.74, 6) is -0.0716. The monoisotopic (exact) mass is 982 g/mol. The number of aliphatic hydroxyl groups is 2. The van der Waals surface area contributed by atoms with Gasteiger partial charge in [-0.1, -0.05) is 346 Å². The molecule has 0 spiro atoms. The first-order valence-electron chi connectivity index (χ1n) is 32.2. The molecular formula is C66H127NO3. The number of unbranched alkanes of at least 4 members (excludes halogenated alkanes) is 49. The van der Waals surface area contributed by atoms with Crippen LogP contribution >= 0.6 is 0 Å². The van der Waals surface area contributed by atoms with Crippen LogP contribution < -0.4 is 5.32 Å². The van der Waals surface area contributed by atoms with Gasteiger partial charge in [-0.3, -0.25) is 4.79 Å². The van der Waals surface area contributed by atoms with Crippen LogP contribution in [0.15, 0.2) is 36.5 Å². The summed E-state index contributed by atoms with van der Waals surface area (Å²) in [5, 5.41) is 23.1. The van der Waals surface area contributed by atoms with Gasteiger partial charge in [-0.15, -0.1) is 0 Å². The summed E-state index contributed by atoms with van der Waals surface area (Å²) in [5.41, 5.74) is 0. The minimum atomic E-state index is -0.869. The minimum Gasteiger partial charge on any atom is -0.394 e. The van der Waals surface area contributed by atoms with Gasteiger partial charge < -0.3 is 15.5 Å². The van der Waals surface area contributed by atoms with E-state index in [1.165, 1.54) is 302 Å². The molecule has 0 aromatic rings. The van der Waals surface area contributed by atoms with Gasteiger partial charge in [0.1, 0.15) is 0 Å². The zero-order chi connectivity index (χ0) is 50.6. The molecule has 1 amide bonds. The Kier molecular flexibility index (Phi) is 60.7. The molecular weight excluding hydrogens is 855 g/mol. The van der Waals surface area contributed by atoms with Gasteiger partial charge in [-0.25, -0.2) is 0 Å². The van der Waals surface area contributed by atoms with E-state index >= 15 is 0 Å². The number of hydrogen-bond donors (Lipinski definition) is 3. The summed E-state index contributed by atoms with van der Waals surface area (Å²) in [4.78, 5) is 12.5. The molecule has 4 nitrogen and oxygen atoms in total. The molecule has 0 fully saturated rings. The van der Waals surface area contributed by atoms with Crippen molar-refractivity contribution in [2.45, 2.75) is 373 Å². The van der Waals surface area contributed by atoms with Crippen molar-refractivity contribution in [1.82, 2.24) is 5.32 Å². The van der Waals surface area contributed by atoms with Crippen LogP contribution in [0.5, 0.6) is 0 Å². The molecule has 70 heavy (non-hydrogen) atoms. The van der Waals surface area contributed by atoms with Crippen LogP contribution in [0.2, 0.25) is 0 Å². The van der Waals surface area contributed by atoms with E-state index in [1.807, 2.05) is 6.08 Å². The van der Waals surface area contributed by atoms with Crippen LogP contribution in [0.1, 0.15) is 361 Å². The van der Waals surface area contributed by atoms with Gasteiger partial charge in [0.25, 0.3) is 0 Å². The first-order valence-corrected chi connectivity index (χ1v) is 32.2. The van der Waals surface area contributed by atoms with E-state index in [2.05, 4.69) is 43.5 Å². The second-order valence-electron chi connectivity index (χ2n) is 22.2. The van der Waals surface area contributed by atoms with E-state index in [-0.39, 0.29) is 12.5 Å². The Labute approximate surface area is 440 Å². The highest BCUT2D eigenvalue weighted by molar-refractivity contribution is 5.76. The highest BCUT2D eigenvalue weighted by Crippen LogP contribution is 2.19. The van der Waals surface area contributed by atoms with Crippen LogP contribution in [0.3, 0.4) is 0 Å². The summed E-state index contributed by atoms with van der Waals surface area (Å²) in [6.07, 6.45) is 85.1. The van der Waals surface area contributed by atoms with Gasteiger partial charge in [0.05, 0.1) is 18.8 Å². The molecule has 0 aliphatic carbocycles. The van der Waals surface area contributed by atoms with E-state index in [0.717, 1.165) is 38.5 Å². The number of carbonyl (C=O) groups excluding carboxylic acids is 1. The van der Waals surface area contributed by atoms with Crippen LogP contribution in [-0.4, -0.2) is 34.9 Å². The maximum Gasteiger partial charge on any atom is 0.220 e. The summed E-state index contributed by atoms with van der Waals surface area (Å²) < 4.78 is 0. The van der Waals surface area contributed by atoms with Crippen LogP contribution in [0, 0.1) is 0 Å². The number of amides is 1. The Morgan fingerprint density at radius 2 is 0.557 bits per heavy atom. The van der Waals surface area contributed by atoms with Crippen molar-refractivity contribution in [3.8, 4) is 0 Å². The maximum absolute atomic E-state index is 12.5. The Hall–Kier alpha value is -1.39. The lowest BCUT2D eigenvalue weighted by atomic mass is 10.0. The van der Waals surface area contributed by atoms with Gasteiger partial charge in [-0.05, 0) is 44.9 Å². The van der Waals surface area contributed by atoms with Crippen molar-refractivity contribution in [3.63, 3.8) is 0 Å². The van der Waals surface area contributed by atoms with E-state index < -0.39 is 12.1 Å². The molecule has 4 heteroatoms. The molecule has 0 radical (unpaired) electrons. The topological polar surface area (TPSA) is 69.6 Å². The van der Waals surface area contributed by atoms with Crippen LogP contribution in [-0.2, 0) is 4.79 Å². The highest BCUT2D eigenvalue weighted by atomic mass is 16.3. The number of nitrogens with one attached hydrogen (secondary N) is 1. The van der Waals surface area contributed by atoms with Gasteiger partial charge in [0.2, 0.25) is 5.91 Å². The SMILES string of the molecule is CCCCCCCCC/C=C/CC/C=C/CC/C=C/C(O)C(CO)NC(=O)CCCCCCCCCCCCCCCCCCCCCCCCCCCCCCCCCCCCCCCCCCC. The molecule has 0 aromatic carbocycles. The zero-order valence-corrected chi connectivity index (χ0v) is 47.8. The second kappa shape index (κ2) is 61.9. The number of allylic oxidation sites excluding steroid dienone is 5. The first kappa shape index (κ1) is 68.6. The molecule has 414 valence electrons. The molecule has 0 saturated carbocycles. The summed E-state index contributed by atoms with van der Waals surface area (Å²) in [7, 11) is 0. The fraction of sp³-hybridized carbons (Fsp3) is 0.894. The molecule has 0 aliphatic rings. The third kappa shape index (κ3) is 57.5. The number of rotatable bonds is 60. The third-order valence-electron chi connectivity index (χ3n) is 15.1. The Bertz CT molecular complexity index is 1070. The van der Waals surface area contributed by atoms with Crippen molar-refractivity contribution in [2.75, 3.05) is 6.61 Å². The predicted octanol–water partition coefficient (Wildman–Crippen LogP) is 21.6. The number of hydrogen-bond acceptors (Lipinski definition) is 3. The molecule has 2 unspecified atom stereocenters. The summed E-state index contributed by atoms with van der Waals surface area (Å²) >= 11 is 0. The van der Waals surface area contributed by atoms with Crippen molar-refractivity contribution >= 4 is 5.91 Å². The van der Waals surface area contributed by atoms with Gasteiger partial charge in [-0.2, -0.15) is 0 Å². The Morgan fingerprint density at radius 3 is 0.829 bits per heavy atom. The summed E-state index contributed by atoms with van der Waals surface area (Å²) in [6.45, 7) is 4.32. The fourth-order valence-electron chi connectivity index (χ4n) is 10.2. The predicted molar refractivity (Wildman–Crippen MR) is 313 cm³/mol. The largest absolute Gasteiger partial charge is 0.394 e. The Balaban J connectivity index is 3.38. The Morgan fingerprint density at radius 1 is 0.329 bits per heavy atom. The van der Waals surface area contributed by atoms with E-state index in [1.54, 1.807) is 6.08 Å². The van der Waals surface area contributed by atoms with E-state index in [4.69, 9.17) is 0 Å². The zero-order valence-electron chi connectivity index (χ0n) is 47.8. The molecule has 2 atom stereocenters. The number of carbonyl (C=O) groups is 1. The highest BCUT2D eigenvalue weighted by Gasteiger charge is 2.18. The van der Waals surface area contributed by atoms with Crippen LogP contribution in [0.25, 0.3) is 0 Å². The van der Waals surface area contributed by atoms with Crippen molar-refractivity contribution in [1.29, 1.82) is 0 Å². The molecule has 0 aromatic heterocycles. The fourth-order valence-corrected chi connectivity index (χ4v) is 10.2. The standard InChI is InChI=1S/C66H127NO3/c1-3-5-7-9-11-13-15-17-19-21-22-23-24-25-26-27-28-29-30-31-32-33-34-35-36-37-38-39-40-41-42-43-44-46-48-50-52-54-56-58-60-62-66(70)67-64(63-68)65(69)61-59-57-55-53-51-49-47-45-20-18-16-14-12-10-8-6-4-2/h20,45,51,53,59,61,64-65,68-69H,3-19,21-44,46-50,52,54-58,60,62-63H2,1-2H3,(H,67,70)/b45-20+,53-51+,61-59+. The quantitative estimate of drug-likeness (QED) is 0.0420. The normalized spacial score (nSPS) is 12.9. The lowest BCUT2D eigenvalue weighted by molar-refractivity contribution is -0.123. The maximum atomic E-state index is 12.5. The second-order valence-corrected chi connectivity index (χ2v) is 22.2. The third-order valence-corrected chi connectivity index (χ3v) is 15.1. The van der Waals surface area contributed by atoms with E-state index in [0.29, 0.717) is 6.42 Å². The molecule has 0 saturated heterocycles. The molecule has 0 aliphatic heterocycles. The average Bonchev–Trinajstić information content (AvgIpc) is 3.36. The van der Waals surface area contributed by atoms with E-state index in [9.17, 15) is 15.0 Å². The van der Waals surface area contributed by atoms with Crippen LogP contribution in [0.4, 0.5) is 0 Å². The molecule has 3 N–H and O–H groups in total. The van der Waals surface area contributed by atoms with Gasteiger partial charge in [0, 0.05) is 6.42 Å². The number of aliphatic hydroxyl groups excluding tert-OH is 2. The molecule has 0 rings (SSSR count). The minimum absolute atomic E-state index is 0.0716. The van der Waals surface area contributed by atoms with Crippen molar-refractivity contribution in [3.05, 3.63) is 36.5 Å². The smallest absolute Gasteiger partial charge is 0.220 e.